The maximum atomic E-state index is 14.0. The number of carbonyl (C=O) groups is 2. The van der Waals surface area contributed by atoms with Crippen molar-refractivity contribution in [3.05, 3.63) is 107 Å². The summed E-state index contributed by atoms with van der Waals surface area (Å²) in [5, 5.41) is 10.9. The van der Waals surface area contributed by atoms with Gasteiger partial charge in [0.2, 0.25) is 0 Å². The third kappa shape index (κ3) is 3.37. The van der Waals surface area contributed by atoms with Crippen molar-refractivity contribution in [2.24, 2.45) is 0 Å². The molecule has 1 atom stereocenters. The monoisotopic (exact) mass is 405 g/mol. The van der Waals surface area contributed by atoms with Gasteiger partial charge in [-0.15, -0.1) is 0 Å². The van der Waals surface area contributed by atoms with Crippen LogP contribution in [0.2, 0.25) is 0 Å². The Labute approximate surface area is 171 Å². The standard InChI is InChI=1S/C24H17F2NO3/c1-14-5-7-15(8-6-14)22(28)20-21(16-3-2-4-18(26)13-16)27(24(30)23(20)29)19-11-9-17(25)10-12-19/h2-13,21,28H,1H3/t21-/m0/s1. The Kier molecular flexibility index (Phi) is 4.91. The van der Waals surface area contributed by atoms with Crippen LogP contribution in [0.3, 0.4) is 0 Å². The number of aryl methyl sites for hydroxylation is 1. The van der Waals surface area contributed by atoms with E-state index in [1.54, 1.807) is 30.3 Å². The van der Waals surface area contributed by atoms with Crippen molar-refractivity contribution < 1.29 is 23.5 Å². The summed E-state index contributed by atoms with van der Waals surface area (Å²) in [6.45, 7) is 1.88. The average Bonchev–Trinajstić information content (AvgIpc) is 3.00. The van der Waals surface area contributed by atoms with Crippen LogP contribution in [0, 0.1) is 18.6 Å². The van der Waals surface area contributed by atoms with Crippen molar-refractivity contribution in [3.63, 3.8) is 0 Å². The van der Waals surface area contributed by atoms with Gasteiger partial charge in [0.15, 0.2) is 0 Å². The normalized spacial score (nSPS) is 18.1. The summed E-state index contributed by atoms with van der Waals surface area (Å²) in [6.07, 6.45) is 0. The van der Waals surface area contributed by atoms with Crippen LogP contribution in [0.25, 0.3) is 5.76 Å². The van der Waals surface area contributed by atoms with E-state index in [-0.39, 0.29) is 17.0 Å². The zero-order valence-corrected chi connectivity index (χ0v) is 16.0. The van der Waals surface area contributed by atoms with Crippen LogP contribution < -0.4 is 4.90 Å². The van der Waals surface area contributed by atoms with Crippen molar-refractivity contribution in [2.45, 2.75) is 13.0 Å². The summed E-state index contributed by atoms with van der Waals surface area (Å²) in [5.74, 6) is -3.19. The van der Waals surface area contributed by atoms with Crippen LogP contribution in [0.4, 0.5) is 14.5 Å². The fourth-order valence-corrected chi connectivity index (χ4v) is 3.56. The number of nitrogens with zero attached hydrogens (tertiary/aromatic N) is 1. The van der Waals surface area contributed by atoms with E-state index >= 15 is 0 Å². The zero-order chi connectivity index (χ0) is 21.4. The molecule has 0 aromatic heterocycles. The molecule has 0 spiro atoms. The second-order valence-electron chi connectivity index (χ2n) is 7.07. The van der Waals surface area contributed by atoms with E-state index in [1.165, 1.54) is 30.3 Å². The molecule has 30 heavy (non-hydrogen) atoms. The summed E-state index contributed by atoms with van der Waals surface area (Å²) in [5.41, 5.74) is 1.74. The molecular weight excluding hydrogens is 388 g/mol. The second-order valence-corrected chi connectivity index (χ2v) is 7.07. The van der Waals surface area contributed by atoms with Crippen LogP contribution in [-0.4, -0.2) is 16.8 Å². The lowest BCUT2D eigenvalue weighted by Crippen LogP contribution is -2.29. The number of benzene rings is 3. The van der Waals surface area contributed by atoms with Gasteiger partial charge in [-0.3, -0.25) is 14.5 Å². The number of aliphatic hydroxyl groups is 1. The minimum Gasteiger partial charge on any atom is -0.507 e. The number of amides is 1. The Morgan fingerprint density at radius 1 is 0.900 bits per heavy atom. The smallest absolute Gasteiger partial charge is 0.300 e. The predicted molar refractivity (Wildman–Crippen MR) is 109 cm³/mol. The molecule has 150 valence electrons. The highest BCUT2D eigenvalue weighted by Crippen LogP contribution is 2.42. The summed E-state index contributed by atoms with van der Waals surface area (Å²) in [6, 6.07) is 16.3. The van der Waals surface area contributed by atoms with Crippen molar-refractivity contribution in [1.29, 1.82) is 0 Å². The Morgan fingerprint density at radius 2 is 1.57 bits per heavy atom. The van der Waals surface area contributed by atoms with Crippen LogP contribution in [0.1, 0.15) is 22.7 Å². The van der Waals surface area contributed by atoms with E-state index < -0.39 is 29.4 Å². The van der Waals surface area contributed by atoms with E-state index in [9.17, 15) is 23.5 Å². The number of anilines is 1. The molecule has 0 bridgehead atoms. The van der Waals surface area contributed by atoms with Crippen LogP contribution in [-0.2, 0) is 9.59 Å². The molecule has 1 amide bonds. The lowest BCUT2D eigenvalue weighted by atomic mass is 9.95. The molecule has 0 unspecified atom stereocenters. The highest BCUT2D eigenvalue weighted by molar-refractivity contribution is 6.51. The van der Waals surface area contributed by atoms with E-state index in [2.05, 4.69) is 0 Å². The third-order valence-electron chi connectivity index (χ3n) is 5.04. The molecule has 1 aliphatic heterocycles. The van der Waals surface area contributed by atoms with Crippen LogP contribution in [0.15, 0.2) is 78.4 Å². The summed E-state index contributed by atoms with van der Waals surface area (Å²) < 4.78 is 27.4. The molecule has 1 saturated heterocycles. The van der Waals surface area contributed by atoms with Crippen LogP contribution in [0.5, 0.6) is 0 Å². The first-order valence-corrected chi connectivity index (χ1v) is 9.26. The first-order chi connectivity index (χ1) is 14.4. The third-order valence-corrected chi connectivity index (χ3v) is 5.04. The van der Waals surface area contributed by atoms with Crippen molar-refractivity contribution in [2.75, 3.05) is 4.90 Å². The lowest BCUT2D eigenvalue weighted by Gasteiger charge is -2.25. The van der Waals surface area contributed by atoms with Gasteiger partial charge in [-0.25, -0.2) is 8.78 Å². The molecule has 1 N–H and O–H groups in total. The topological polar surface area (TPSA) is 57.6 Å². The largest absolute Gasteiger partial charge is 0.507 e. The molecule has 0 aliphatic carbocycles. The number of aliphatic hydroxyl groups excluding tert-OH is 1. The minimum absolute atomic E-state index is 0.154. The summed E-state index contributed by atoms with van der Waals surface area (Å²) in [4.78, 5) is 27.0. The van der Waals surface area contributed by atoms with Crippen molar-refractivity contribution in [1.82, 2.24) is 0 Å². The number of hydrogen-bond acceptors (Lipinski definition) is 3. The van der Waals surface area contributed by atoms with Crippen LogP contribution >= 0.6 is 0 Å². The molecule has 3 aromatic rings. The molecule has 0 saturated carbocycles. The number of halogens is 2. The predicted octanol–water partition coefficient (Wildman–Crippen LogP) is 4.90. The van der Waals surface area contributed by atoms with Gasteiger partial charge in [0.1, 0.15) is 17.4 Å². The van der Waals surface area contributed by atoms with E-state index in [0.717, 1.165) is 22.6 Å². The molecule has 0 radical (unpaired) electrons. The maximum absolute atomic E-state index is 14.0. The summed E-state index contributed by atoms with van der Waals surface area (Å²) >= 11 is 0. The number of rotatable bonds is 3. The van der Waals surface area contributed by atoms with Gasteiger partial charge in [-0.05, 0) is 48.9 Å². The Morgan fingerprint density at radius 3 is 2.20 bits per heavy atom. The fraction of sp³-hybridized carbons (Fsp3) is 0.0833. The number of hydrogen-bond donors (Lipinski definition) is 1. The molecule has 1 fully saturated rings. The minimum atomic E-state index is -1.06. The SMILES string of the molecule is Cc1ccc(C(O)=C2C(=O)C(=O)N(c3ccc(F)cc3)[C@H]2c2cccc(F)c2)cc1. The Bertz CT molecular complexity index is 1170. The number of Topliss-reactive ketones (excluding diaryl/α,β-unsaturated/α-hetero) is 1. The zero-order valence-electron chi connectivity index (χ0n) is 16.0. The maximum Gasteiger partial charge on any atom is 0.300 e. The van der Waals surface area contributed by atoms with Gasteiger partial charge in [0.25, 0.3) is 11.7 Å². The van der Waals surface area contributed by atoms with Crippen molar-refractivity contribution in [3.8, 4) is 0 Å². The molecule has 1 aliphatic rings. The second kappa shape index (κ2) is 7.55. The van der Waals surface area contributed by atoms with E-state index in [4.69, 9.17) is 0 Å². The highest BCUT2D eigenvalue weighted by Gasteiger charge is 2.47. The first kappa shape index (κ1) is 19.5. The Balaban J connectivity index is 1.95. The van der Waals surface area contributed by atoms with Gasteiger partial charge >= 0.3 is 0 Å². The molecule has 3 aromatic carbocycles. The average molecular weight is 405 g/mol. The Hall–Kier alpha value is -3.80. The van der Waals surface area contributed by atoms with Gasteiger partial charge in [0.05, 0.1) is 11.6 Å². The van der Waals surface area contributed by atoms with Crippen molar-refractivity contribution >= 4 is 23.1 Å². The first-order valence-electron chi connectivity index (χ1n) is 9.26. The van der Waals surface area contributed by atoms with Gasteiger partial charge in [-0.1, -0.05) is 42.0 Å². The fourth-order valence-electron chi connectivity index (χ4n) is 3.56. The van der Waals surface area contributed by atoms with E-state index in [0.29, 0.717) is 11.1 Å². The molecule has 6 heteroatoms. The quantitative estimate of drug-likeness (QED) is 0.383. The van der Waals surface area contributed by atoms with Gasteiger partial charge in [-0.2, -0.15) is 0 Å². The van der Waals surface area contributed by atoms with Gasteiger partial charge in [0, 0.05) is 11.3 Å². The highest BCUT2D eigenvalue weighted by atomic mass is 19.1. The number of ketones is 1. The number of carbonyl (C=O) groups excluding carboxylic acids is 2. The van der Waals surface area contributed by atoms with E-state index in [1.807, 2.05) is 6.92 Å². The van der Waals surface area contributed by atoms with Gasteiger partial charge < -0.3 is 5.11 Å². The molecular formula is C24H17F2NO3. The molecule has 4 nitrogen and oxygen atoms in total. The molecule has 4 rings (SSSR count). The lowest BCUT2D eigenvalue weighted by molar-refractivity contribution is -0.132. The summed E-state index contributed by atoms with van der Waals surface area (Å²) in [7, 11) is 0. The molecule has 1 heterocycles.